The number of fused-ring (bicyclic) bond motifs is 1. The molecule has 2 rings (SSSR count). The second kappa shape index (κ2) is 4.76. The highest BCUT2D eigenvalue weighted by molar-refractivity contribution is 7.99. The second-order valence-electron chi connectivity index (χ2n) is 3.09. The molecule has 0 spiro atoms. The van der Waals surface area contributed by atoms with Gasteiger partial charge in [0.1, 0.15) is 0 Å². The average molecular weight is 226 g/mol. The van der Waals surface area contributed by atoms with Crippen molar-refractivity contribution in [3.63, 3.8) is 0 Å². The van der Waals surface area contributed by atoms with Gasteiger partial charge in [0.25, 0.3) is 0 Å². The molecule has 0 bridgehead atoms. The van der Waals surface area contributed by atoms with Crippen molar-refractivity contribution in [1.29, 1.82) is 0 Å². The molecule has 1 N–H and O–H groups in total. The first-order chi connectivity index (χ1) is 6.92. The van der Waals surface area contributed by atoms with Crippen molar-refractivity contribution in [2.24, 2.45) is 0 Å². The minimum absolute atomic E-state index is 0.745. The van der Waals surface area contributed by atoms with Gasteiger partial charge in [-0.3, -0.25) is 0 Å². The van der Waals surface area contributed by atoms with Gasteiger partial charge < -0.3 is 4.98 Å². The third-order valence-corrected chi connectivity index (χ3v) is 3.50. The molecule has 1 nitrogen and oxygen atoms in total. The van der Waals surface area contributed by atoms with Gasteiger partial charge in [0, 0.05) is 27.9 Å². The van der Waals surface area contributed by atoms with E-state index in [-0.39, 0.29) is 0 Å². The fraction of sp³-hybridized carbons (Fsp3) is 0.273. The van der Waals surface area contributed by atoms with Crippen LogP contribution in [0.3, 0.4) is 0 Å². The van der Waals surface area contributed by atoms with Crippen LogP contribution in [0.4, 0.5) is 0 Å². The van der Waals surface area contributed by atoms with E-state index in [1.807, 2.05) is 17.8 Å². The Bertz CT molecular complexity index is 410. The molecule has 0 aliphatic rings. The van der Waals surface area contributed by atoms with Gasteiger partial charge in [-0.15, -0.1) is 23.4 Å². The van der Waals surface area contributed by atoms with Crippen molar-refractivity contribution in [2.75, 3.05) is 11.6 Å². The molecule has 74 valence electrons. The number of aromatic nitrogens is 1. The van der Waals surface area contributed by atoms with Crippen LogP contribution in [0.15, 0.2) is 35.4 Å². The van der Waals surface area contributed by atoms with E-state index in [0.29, 0.717) is 0 Å². The van der Waals surface area contributed by atoms with Gasteiger partial charge in [-0.1, -0.05) is 18.2 Å². The first-order valence-corrected chi connectivity index (χ1v) is 6.18. The van der Waals surface area contributed by atoms with Gasteiger partial charge in [-0.25, -0.2) is 0 Å². The monoisotopic (exact) mass is 225 g/mol. The van der Waals surface area contributed by atoms with Gasteiger partial charge in [0.2, 0.25) is 0 Å². The average Bonchev–Trinajstić information content (AvgIpc) is 2.63. The second-order valence-corrected chi connectivity index (χ2v) is 4.60. The Kier molecular flexibility index (Phi) is 3.38. The maximum absolute atomic E-state index is 5.64. The molecule has 0 fully saturated rings. The molecule has 0 atom stereocenters. The third-order valence-electron chi connectivity index (χ3n) is 2.09. The topological polar surface area (TPSA) is 15.8 Å². The van der Waals surface area contributed by atoms with Gasteiger partial charge in [0.15, 0.2) is 0 Å². The summed E-state index contributed by atoms with van der Waals surface area (Å²) in [4.78, 5) is 4.59. The van der Waals surface area contributed by atoms with Crippen LogP contribution < -0.4 is 0 Å². The lowest BCUT2D eigenvalue weighted by Crippen LogP contribution is -1.79. The van der Waals surface area contributed by atoms with E-state index in [2.05, 4.69) is 29.4 Å². The van der Waals surface area contributed by atoms with Crippen molar-refractivity contribution in [3.05, 3.63) is 30.5 Å². The van der Waals surface area contributed by atoms with Crippen LogP contribution >= 0.6 is 23.4 Å². The summed E-state index contributed by atoms with van der Waals surface area (Å²) >= 11 is 7.50. The number of benzene rings is 1. The number of nitrogens with one attached hydrogen (secondary N) is 1. The number of rotatable bonds is 4. The van der Waals surface area contributed by atoms with Crippen LogP contribution in [0, 0.1) is 0 Å². The number of para-hydroxylation sites is 1. The maximum atomic E-state index is 5.64. The summed E-state index contributed by atoms with van der Waals surface area (Å²) < 4.78 is 0. The zero-order valence-electron chi connectivity index (χ0n) is 7.79. The molecule has 0 saturated heterocycles. The highest BCUT2D eigenvalue weighted by Gasteiger charge is 2.01. The molecule has 1 aromatic heterocycles. The lowest BCUT2D eigenvalue weighted by Gasteiger charge is -1.97. The van der Waals surface area contributed by atoms with E-state index >= 15 is 0 Å². The third kappa shape index (κ3) is 2.07. The molecule has 3 heteroatoms. The van der Waals surface area contributed by atoms with Crippen LogP contribution in [-0.2, 0) is 0 Å². The minimum Gasteiger partial charge on any atom is -0.360 e. The Hall–Kier alpha value is -0.600. The zero-order valence-corrected chi connectivity index (χ0v) is 9.37. The predicted molar refractivity (Wildman–Crippen MR) is 64.4 cm³/mol. The minimum atomic E-state index is 0.745. The standard InChI is InChI=1S/C11H12ClNS/c12-6-3-7-14-11-8-13-10-5-2-1-4-9(10)11/h1-2,4-5,8,13H,3,6-7H2. The highest BCUT2D eigenvalue weighted by atomic mass is 35.5. The lowest BCUT2D eigenvalue weighted by molar-refractivity contribution is 1.11. The summed E-state index contributed by atoms with van der Waals surface area (Å²) in [5.41, 5.74) is 1.21. The number of thioether (sulfide) groups is 1. The van der Waals surface area contributed by atoms with Crippen LogP contribution in [0.5, 0.6) is 0 Å². The fourth-order valence-electron chi connectivity index (χ4n) is 1.40. The van der Waals surface area contributed by atoms with E-state index in [4.69, 9.17) is 11.6 Å². The summed E-state index contributed by atoms with van der Waals surface area (Å²) in [6, 6.07) is 8.36. The van der Waals surface area contributed by atoms with E-state index in [1.165, 1.54) is 15.8 Å². The van der Waals surface area contributed by atoms with E-state index in [0.717, 1.165) is 18.1 Å². The number of alkyl halides is 1. The fourth-order valence-corrected chi connectivity index (χ4v) is 2.68. The molecule has 1 aromatic carbocycles. The molecule has 0 amide bonds. The molecule has 0 aliphatic heterocycles. The highest BCUT2D eigenvalue weighted by Crippen LogP contribution is 2.27. The van der Waals surface area contributed by atoms with Gasteiger partial charge in [0.05, 0.1) is 0 Å². The predicted octanol–water partition coefficient (Wildman–Crippen LogP) is 3.89. The Morgan fingerprint density at radius 3 is 3.00 bits per heavy atom. The molecule has 0 aliphatic carbocycles. The first kappa shape index (κ1) is 9.94. The van der Waals surface area contributed by atoms with E-state index in [9.17, 15) is 0 Å². The number of H-pyrrole nitrogens is 1. The Labute approximate surface area is 92.8 Å². The zero-order chi connectivity index (χ0) is 9.80. The van der Waals surface area contributed by atoms with E-state index in [1.54, 1.807) is 0 Å². The SMILES string of the molecule is ClCCCSc1c[nH]c2ccccc12. The normalized spacial score (nSPS) is 10.9. The Morgan fingerprint density at radius 2 is 2.14 bits per heavy atom. The number of hydrogen-bond acceptors (Lipinski definition) is 1. The van der Waals surface area contributed by atoms with Crippen molar-refractivity contribution >= 4 is 34.3 Å². The Balaban J connectivity index is 2.17. The summed E-state index contributed by atoms with van der Waals surface area (Å²) in [5, 5.41) is 1.31. The van der Waals surface area contributed by atoms with Crippen molar-refractivity contribution < 1.29 is 0 Å². The van der Waals surface area contributed by atoms with Crippen molar-refractivity contribution in [3.8, 4) is 0 Å². The van der Waals surface area contributed by atoms with Crippen LogP contribution in [0.2, 0.25) is 0 Å². The quantitative estimate of drug-likeness (QED) is 0.474. The van der Waals surface area contributed by atoms with Crippen molar-refractivity contribution in [1.82, 2.24) is 4.98 Å². The maximum Gasteiger partial charge on any atom is 0.0465 e. The van der Waals surface area contributed by atoms with Gasteiger partial charge in [-0.2, -0.15) is 0 Å². The number of aromatic amines is 1. The van der Waals surface area contributed by atoms with Gasteiger partial charge >= 0.3 is 0 Å². The summed E-state index contributed by atoms with van der Waals surface area (Å²) in [6.07, 6.45) is 3.13. The van der Waals surface area contributed by atoms with Crippen molar-refractivity contribution in [2.45, 2.75) is 11.3 Å². The van der Waals surface area contributed by atoms with E-state index < -0.39 is 0 Å². The molecular formula is C11H12ClNS. The molecule has 0 radical (unpaired) electrons. The van der Waals surface area contributed by atoms with Crippen LogP contribution in [0.25, 0.3) is 10.9 Å². The molecular weight excluding hydrogens is 214 g/mol. The molecule has 2 aromatic rings. The first-order valence-electron chi connectivity index (χ1n) is 4.66. The van der Waals surface area contributed by atoms with Crippen LogP contribution in [0.1, 0.15) is 6.42 Å². The molecule has 0 saturated carbocycles. The molecule has 1 heterocycles. The summed E-state index contributed by atoms with van der Waals surface area (Å²) in [5.74, 6) is 1.83. The lowest BCUT2D eigenvalue weighted by atomic mass is 10.2. The number of hydrogen-bond donors (Lipinski definition) is 1. The van der Waals surface area contributed by atoms with Crippen LogP contribution in [-0.4, -0.2) is 16.6 Å². The smallest absolute Gasteiger partial charge is 0.0465 e. The largest absolute Gasteiger partial charge is 0.360 e. The Morgan fingerprint density at radius 1 is 1.29 bits per heavy atom. The molecule has 0 unspecified atom stereocenters. The molecule has 14 heavy (non-hydrogen) atoms. The summed E-state index contributed by atoms with van der Waals surface area (Å²) in [6.45, 7) is 0. The van der Waals surface area contributed by atoms with Gasteiger partial charge in [-0.05, 0) is 18.2 Å². The summed E-state index contributed by atoms with van der Waals surface area (Å²) in [7, 11) is 0. The number of halogens is 1.